The third kappa shape index (κ3) is 7.49. The lowest BCUT2D eigenvalue weighted by molar-refractivity contribution is 0.179. The van der Waals surface area contributed by atoms with Gasteiger partial charge in [0.05, 0.1) is 6.61 Å². The van der Waals surface area contributed by atoms with Crippen molar-refractivity contribution in [3.05, 3.63) is 18.5 Å². The molecule has 1 rings (SSSR count). The van der Waals surface area contributed by atoms with Gasteiger partial charge in [-0.1, -0.05) is 0 Å². The summed E-state index contributed by atoms with van der Waals surface area (Å²) in [5.41, 5.74) is 5.73. The van der Waals surface area contributed by atoms with Crippen LogP contribution in [0.15, 0.2) is 23.5 Å². The fourth-order valence-electron chi connectivity index (χ4n) is 1.45. The molecule has 0 aliphatic carbocycles. The molecule has 104 valence electrons. The maximum atomic E-state index is 5.73. The summed E-state index contributed by atoms with van der Waals surface area (Å²) >= 11 is 0. The minimum absolute atomic E-state index is 0. The molecule has 0 amide bonds. The molecular formula is C11H22IN5O. The molecule has 1 aromatic rings. The lowest BCUT2D eigenvalue weighted by Gasteiger charge is -2.12. The van der Waals surface area contributed by atoms with Gasteiger partial charge >= 0.3 is 0 Å². The Labute approximate surface area is 125 Å². The smallest absolute Gasteiger partial charge is 0.188 e. The molecule has 0 fully saturated rings. The molecule has 1 unspecified atom stereocenters. The highest BCUT2D eigenvalue weighted by Gasteiger charge is 2.00. The van der Waals surface area contributed by atoms with Gasteiger partial charge in [-0.25, -0.2) is 0 Å². The van der Waals surface area contributed by atoms with Gasteiger partial charge in [0.1, 0.15) is 0 Å². The molecule has 1 atom stereocenters. The predicted octanol–water partition coefficient (Wildman–Crippen LogP) is 0.830. The summed E-state index contributed by atoms with van der Waals surface area (Å²) in [7, 11) is 1.66. The topological polar surface area (TPSA) is 77.5 Å². The Morgan fingerprint density at radius 2 is 2.39 bits per heavy atom. The van der Waals surface area contributed by atoms with Crippen LogP contribution in [0.3, 0.4) is 0 Å². The summed E-state index contributed by atoms with van der Waals surface area (Å²) in [5, 5.41) is 7.17. The minimum atomic E-state index is 0. The second-order valence-electron chi connectivity index (χ2n) is 3.89. The summed E-state index contributed by atoms with van der Waals surface area (Å²) in [4.78, 5) is 4.23. The van der Waals surface area contributed by atoms with Crippen molar-refractivity contribution >= 4 is 29.9 Å². The van der Waals surface area contributed by atoms with E-state index in [2.05, 4.69) is 15.4 Å². The number of methoxy groups -OCH3 is 1. The lowest BCUT2D eigenvalue weighted by atomic mass is 10.4. The van der Waals surface area contributed by atoms with E-state index in [1.807, 2.05) is 23.9 Å². The lowest BCUT2D eigenvalue weighted by Crippen LogP contribution is -2.40. The van der Waals surface area contributed by atoms with Gasteiger partial charge in [-0.2, -0.15) is 5.10 Å². The number of nitrogens with one attached hydrogen (secondary N) is 1. The summed E-state index contributed by atoms with van der Waals surface area (Å²) in [6, 6.07) is 2.08. The zero-order chi connectivity index (χ0) is 12.5. The first-order chi connectivity index (χ1) is 8.22. The van der Waals surface area contributed by atoms with E-state index >= 15 is 0 Å². The number of ether oxygens (including phenoxy) is 1. The van der Waals surface area contributed by atoms with Crippen LogP contribution in [0.5, 0.6) is 0 Å². The molecule has 18 heavy (non-hydrogen) atoms. The van der Waals surface area contributed by atoms with E-state index < -0.39 is 0 Å². The van der Waals surface area contributed by atoms with E-state index in [4.69, 9.17) is 10.5 Å². The Morgan fingerprint density at radius 1 is 1.61 bits per heavy atom. The van der Waals surface area contributed by atoms with Crippen LogP contribution in [-0.4, -0.2) is 42.0 Å². The number of aliphatic imine (C=N–C) groups is 1. The van der Waals surface area contributed by atoms with Crippen molar-refractivity contribution in [2.45, 2.75) is 25.9 Å². The Morgan fingerprint density at radius 3 is 3.00 bits per heavy atom. The molecule has 0 aliphatic heterocycles. The number of nitrogens with two attached hydrogens (primary N) is 1. The molecule has 0 aliphatic rings. The highest BCUT2D eigenvalue weighted by Crippen LogP contribution is 1.90. The quantitative estimate of drug-likeness (QED) is 0.324. The van der Waals surface area contributed by atoms with Crippen LogP contribution in [0.1, 0.15) is 13.3 Å². The van der Waals surface area contributed by atoms with Crippen molar-refractivity contribution in [3.8, 4) is 0 Å². The van der Waals surface area contributed by atoms with Gasteiger partial charge in [-0.15, -0.1) is 24.0 Å². The number of hydrogen-bond acceptors (Lipinski definition) is 3. The van der Waals surface area contributed by atoms with E-state index in [0.717, 1.165) is 13.0 Å². The van der Waals surface area contributed by atoms with Crippen molar-refractivity contribution in [1.29, 1.82) is 0 Å². The van der Waals surface area contributed by atoms with E-state index in [1.54, 1.807) is 13.3 Å². The van der Waals surface area contributed by atoms with Crippen molar-refractivity contribution in [2.24, 2.45) is 10.7 Å². The van der Waals surface area contributed by atoms with Crippen LogP contribution in [0.25, 0.3) is 0 Å². The summed E-state index contributed by atoms with van der Waals surface area (Å²) in [5.74, 6) is 0.468. The van der Waals surface area contributed by atoms with Crippen molar-refractivity contribution in [1.82, 2.24) is 15.1 Å². The molecule has 7 heteroatoms. The molecule has 0 bridgehead atoms. The van der Waals surface area contributed by atoms with Crippen molar-refractivity contribution in [3.63, 3.8) is 0 Å². The highest BCUT2D eigenvalue weighted by atomic mass is 127. The van der Waals surface area contributed by atoms with Gasteiger partial charge in [-0.3, -0.25) is 9.67 Å². The SMILES string of the molecule is COCC(C)NC(N)=NCCCn1cccn1.I. The maximum absolute atomic E-state index is 5.73. The number of rotatable bonds is 7. The van der Waals surface area contributed by atoms with Gasteiger partial charge in [0.25, 0.3) is 0 Å². The number of hydrogen-bond donors (Lipinski definition) is 2. The van der Waals surface area contributed by atoms with Crippen LogP contribution in [0, 0.1) is 0 Å². The third-order valence-electron chi connectivity index (χ3n) is 2.20. The second-order valence-corrected chi connectivity index (χ2v) is 3.89. The predicted molar refractivity (Wildman–Crippen MR) is 83.2 cm³/mol. The average Bonchev–Trinajstić information content (AvgIpc) is 2.77. The molecule has 6 nitrogen and oxygen atoms in total. The molecule has 1 heterocycles. The number of aryl methyl sites for hydroxylation is 1. The van der Waals surface area contributed by atoms with Gasteiger partial charge in [0, 0.05) is 38.6 Å². The molecule has 0 aromatic carbocycles. The monoisotopic (exact) mass is 367 g/mol. The van der Waals surface area contributed by atoms with E-state index in [-0.39, 0.29) is 30.0 Å². The van der Waals surface area contributed by atoms with Gasteiger partial charge in [0.15, 0.2) is 5.96 Å². The number of nitrogens with zero attached hydrogens (tertiary/aromatic N) is 3. The number of aromatic nitrogens is 2. The van der Waals surface area contributed by atoms with Crippen molar-refractivity contribution < 1.29 is 4.74 Å². The van der Waals surface area contributed by atoms with E-state index in [0.29, 0.717) is 19.1 Å². The zero-order valence-corrected chi connectivity index (χ0v) is 13.2. The number of guanidine groups is 1. The van der Waals surface area contributed by atoms with Gasteiger partial charge < -0.3 is 15.8 Å². The summed E-state index contributed by atoms with van der Waals surface area (Å²) < 4.78 is 6.88. The standard InChI is InChI=1S/C11H21N5O.HI/c1-10(9-17-2)15-11(12)13-5-3-7-16-8-4-6-14-16;/h4,6,8,10H,3,5,7,9H2,1-2H3,(H3,12,13,15);1H. The van der Waals surface area contributed by atoms with Gasteiger partial charge in [-0.05, 0) is 19.4 Å². The number of halogens is 1. The van der Waals surface area contributed by atoms with Crippen LogP contribution in [0.4, 0.5) is 0 Å². The molecule has 0 spiro atoms. The molecule has 0 saturated heterocycles. The van der Waals surface area contributed by atoms with Crippen LogP contribution < -0.4 is 11.1 Å². The first-order valence-electron chi connectivity index (χ1n) is 5.75. The molecule has 1 aromatic heterocycles. The minimum Gasteiger partial charge on any atom is -0.383 e. The molecule has 0 radical (unpaired) electrons. The fraction of sp³-hybridized carbons (Fsp3) is 0.636. The molecule has 3 N–H and O–H groups in total. The van der Waals surface area contributed by atoms with Gasteiger partial charge in [0.2, 0.25) is 0 Å². The summed E-state index contributed by atoms with van der Waals surface area (Å²) in [6.07, 6.45) is 4.63. The first-order valence-corrected chi connectivity index (χ1v) is 5.75. The van der Waals surface area contributed by atoms with Crippen LogP contribution in [-0.2, 0) is 11.3 Å². The Hall–Kier alpha value is -0.830. The zero-order valence-electron chi connectivity index (χ0n) is 10.9. The van der Waals surface area contributed by atoms with E-state index in [1.165, 1.54) is 0 Å². The molecular weight excluding hydrogens is 345 g/mol. The van der Waals surface area contributed by atoms with Crippen LogP contribution in [0.2, 0.25) is 0 Å². The van der Waals surface area contributed by atoms with Crippen molar-refractivity contribution in [2.75, 3.05) is 20.3 Å². The highest BCUT2D eigenvalue weighted by molar-refractivity contribution is 14.0. The first kappa shape index (κ1) is 17.2. The Bertz CT molecular complexity index is 328. The fourth-order valence-corrected chi connectivity index (χ4v) is 1.45. The maximum Gasteiger partial charge on any atom is 0.188 e. The third-order valence-corrected chi connectivity index (χ3v) is 2.20. The molecule has 0 saturated carbocycles. The largest absolute Gasteiger partial charge is 0.383 e. The normalized spacial score (nSPS) is 12.9. The Balaban J connectivity index is 0.00000289. The average molecular weight is 367 g/mol. The Kier molecular flexibility index (Phi) is 9.66. The van der Waals surface area contributed by atoms with Crippen LogP contribution >= 0.6 is 24.0 Å². The second kappa shape index (κ2) is 10.1. The summed E-state index contributed by atoms with van der Waals surface area (Å²) in [6.45, 7) is 4.16. The van der Waals surface area contributed by atoms with E-state index in [9.17, 15) is 0 Å².